The zero-order valence-corrected chi connectivity index (χ0v) is 11.5. The molecule has 0 aliphatic rings. The van der Waals surface area contributed by atoms with Crippen molar-refractivity contribution in [3.05, 3.63) is 69.7 Å². The van der Waals surface area contributed by atoms with Crippen LogP contribution >= 0.6 is 34.8 Å². The van der Waals surface area contributed by atoms with E-state index >= 15 is 0 Å². The van der Waals surface area contributed by atoms with Crippen molar-refractivity contribution < 1.29 is 4.79 Å². The van der Waals surface area contributed by atoms with Gasteiger partial charge in [0.2, 0.25) is 0 Å². The van der Waals surface area contributed by atoms with E-state index < -0.39 is 5.38 Å². The van der Waals surface area contributed by atoms with Crippen LogP contribution in [0, 0.1) is 0 Å². The smallest absolute Gasteiger partial charge is 0.186 e. The number of Topliss-reactive ketones (excluding diaryl/α,β-unsaturated/α-hetero) is 1. The Morgan fingerprint density at radius 1 is 1.00 bits per heavy atom. The molecular formula is C14H9Cl3O. The van der Waals surface area contributed by atoms with Crippen LogP contribution in [0.1, 0.15) is 21.3 Å². The molecule has 0 amide bonds. The summed E-state index contributed by atoms with van der Waals surface area (Å²) in [5.41, 5.74) is 1.08. The first kappa shape index (κ1) is 13.4. The van der Waals surface area contributed by atoms with Gasteiger partial charge < -0.3 is 0 Å². The minimum Gasteiger partial charge on any atom is -0.292 e. The van der Waals surface area contributed by atoms with Crippen LogP contribution in [0.3, 0.4) is 0 Å². The normalized spacial score (nSPS) is 12.2. The maximum atomic E-state index is 12.2. The number of rotatable bonds is 3. The van der Waals surface area contributed by atoms with E-state index in [4.69, 9.17) is 34.8 Å². The van der Waals surface area contributed by atoms with Crippen molar-refractivity contribution in [2.45, 2.75) is 5.38 Å². The van der Waals surface area contributed by atoms with E-state index in [0.29, 0.717) is 15.6 Å². The summed E-state index contributed by atoms with van der Waals surface area (Å²) in [5, 5.41) is 0.0489. The Balaban J connectivity index is 2.34. The zero-order chi connectivity index (χ0) is 13.1. The van der Waals surface area contributed by atoms with Gasteiger partial charge in [-0.25, -0.2) is 0 Å². The molecule has 2 aromatic rings. The topological polar surface area (TPSA) is 17.1 Å². The van der Waals surface area contributed by atoms with Crippen LogP contribution < -0.4 is 0 Å². The minimum absolute atomic E-state index is 0.254. The fourth-order valence-electron chi connectivity index (χ4n) is 1.60. The number of alkyl halides is 1. The molecule has 2 rings (SSSR count). The Bertz CT molecular complexity index is 567. The minimum atomic E-state index is -0.762. The van der Waals surface area contributed by atoms with E-state index in [1.807, 2.05) is 18.2 Å². The summed E-state index contributed by atoms with van der Waals surface area (Å²) in [5.74, 6) is -0.254. The molecule has 0 aliphatic heterocycles. The number of carbonyl (C=O) groups excluding carboxylic acids is 1. The molecule has 4 heteroatoms. The molecule has 0 spiro atoms. The Labute approximate surface area is 120 Å². The van der Waals surface area contributed by atoms with Crippen LogP contribution in [-0.2, 0) is 0 Å². The molecule has 1 atom stereocenters. The number of hydrogen-bond acceptors (Lipinski definition) is 1. The van der Waals surface area contributed by atoms with Gasteiger partial charge in [-0.15, -0.1) is 11.6 Å². The Kier molecular flexibility index (Phi) is 4.28. The van der Waals surface area contributed by atoms with Gasteiger partial charge in [0.25, 0.3) is 0 Å². The van der Waals surface area contributed by atoms with Crippen molar-refractivity contribution in [1.82, 2.24) is 0 Å². The molecule has 0 heterocycles. The molecule has 2 aromatic carbocycles. The molecule has 0 radical (unpaired) electrons. The molecule has 0 N–H and O–H groups in total. The number of ketones is 1. The fraction of sp³-hybridized carbons (Fsp3) is 0.0714. The van der Waals surface area contributed by atoms with Crippen LogP contribution in [0.5, 0.6) is 0 Å². The van der Waals surface area contributed by atoms with Crippen LogP contribution in [0.15, 0.2) is 48.5 Å². The Hall–Kier alpha value is -1.02. The summed E-state index contributed by atoms with van der Waals surface area (Å²) in [7, 11) is 0. The predicted molar refractivity (Wildman–Crippen MR) is 75.8 cm³/mol. The highest BCUT2D eigenvalue weighted by molar-refractivity contribution is 6.40. The van der Waals surface area contributed by atoms with Crippen molar-refractivity contribution in [3.8, 4) is 0 Å². The average molecular weight is 300 g/mol. The van der Waals surface area contributed by atoms with Crippen LogP contribution in [-0.4, -0.2) is 5.78 Å². The van der Waals surface area contributed by atoms with E-state index in [9.17, 15) is 4.79 Å². The highest BCUT2D eigenvalue weighted by atomic mass is 35.5. The van der Waals surface area contributed by atoms with Crippen LogP contribution in [0.4, 0.5) is 0 Å². The second-order valence-electron chi connectivity index (χ2n) is 3.76. The van der Waals surface area contributed by atoms with E-state index in [-0.39, 0.29) is 5.78 Å². The first-order valence-corrected chi connectivity index (χ1v) is 6.47. The molecular weight excluding hydrogens is 291 g/mol. The lowest BCUT2D eigenvalue weighted by Gasteiger charge is -2.10. The molecule has 0 saturated carbocycles. The molecule has 0 aromatic heterocycles. The number of halogens is 3. The van der Waals surface area contributed by atoms with Crippen molar-refractivity contribution >= 4 is 40.6 Å². The fourth-order valence-corrected chi connectivity index (χ4v) is 2.24. The van der Waals surface area contributed by atoms with Gasteiger partial charge in [-0.1, -0.05) is 53.5 Å². The van der Waals surface area contributed by atoms with Crippen molar-refractivity contribution in [2.24, 2.45) is 0 Å². The highest BCUT2D eigenvalue weighted by Crippen LogP contribution is 2.29. The average Bonchev–Trinajstić information content (AvgIpc) is 2.41. The number of hydrogen-bond donors (Lipinski definition) is 0. The molecule has 0 aliphatic carbocycles. The van der Waals surface area contributed by atoms with E-state index in [2.05, 4.69) is 0 Å². The lowest BCUT2D eigenvalue weighted by atomic mass is 10.0. The van der Waals surface area contributed by atoms with Crippen molar-refractivity contribution in [1.29, 1.82) is 0 Å². The third-order valence-corrected chi connectivity index (χ3v) is 3.53. The second-order valence-corrected chi connectivity index (χ2v) is 5.04. The summed E-state index contributed by atoms with van der Waals surface area (Å²) < 4.78 is 0. The standard InChI is InChI=1S/C14H9Cl3O/c15-10-6-7-12(16)11(8-10)14(18)13(17)9-4-2-1-3-5-9/h1-8,13H. The van der Waals surface area contributed by atoms with E-state index in [1.54, 1.807) is 24.3 Å². The Morgan fingerprint density at radius 2 is 1.67 bits per heavy atom. The molecule has 0 bridgehead atoms. The number of benzene rings is 2. The van der Waals surface area contributed by atoms with Crippen LogP contribution in [0.2, 0.25) is 10.0 Å². The molecule has 0 fully saturated rings. The van der Waals surface area contributed by atoms with Gasteiger partial charge in [0.15, 0.2) is 5.78 Å². The summed E-state index contributed by atoms with van der Waals surface area (Å²) in [6, 6.07) is 13.9. The quantitative estimate of drug-likeness (QED) is 0.565. The first-order valence-electron chi connectivity index (χ1n) is 5.28. The molecule has 92 valence electrons. The molecule has 18 heavy (non-hydrogen) atoms. The molecule has 1 unspecified atom stereocenters. The third kappa shape index (κ3) is 2.86. The maximum Gasteiger partial charge on any atom is 0.186 e. The molecule has 0 saturated heterocycles. The SMILES string of the molecule is O=C(c1cc(Cl)ccc1Cl)C(Cl)c1ccccc1. The van der Waals surface area contributed by atoms with Crippen molar-refractivity contribution in [2.75, 3.05) is 0 Å². The van der Waals surface area contributed by atoms with E-state index in [1.165, 1.54) is 6.07 Å². The van der Waals surface area contributed by atoms with Crippen molar-refractivity contribution in [3.63, 3.8) is 0 Å². The highest BCUT2D eigenvalue weighted by Gasteiger charge is 2.21. The van der Waals surface area contributed by atoms with E-state index in [0.717, 1.165) is 5.56 Å². The lowest BCUT2D eigenvalue weighted by Crippen LogP contribution is -2.08. The monoisotopic (exact) mass is 298 g/mol. The lowest BCUT2D eigenvalue weighted by molar-refractivity contribution is 0.0987. The summed E-state index contributed by atoms with van der Waals surface area (Å²) >= 11 is 18.0. The van der Waals surface area contributed by atoms with Gasteiger partial charge in [0, 0.05) is 10.6 Å². The summed E-state index contributed by atoms with van der Waals surface area (Å²) in [4.78, 5) is 12.2. The van der Waals surface area contributed by atoms with Gasteiger partial charge in [-0.05, 0) is 23.8 Å². The van der Waals surface area contributed by atoms with Gasteiger partial charge in [0.05, 0.1) is 5.02 Å². The van der Waals surface area contributed by atoms with Gasteiger partial charge in [-0.3, -0.25) is 4.79 Å². The van der Waals surface area contributed by atoms with Gasteiger partial charge in [0.1, 0.15) is 5.38 Å². The zero-order valence-electron chi connectivity index (χ0n) is 9.24. The van der Waals surface area contributed by atoms with Crippen LogP contribution in [0.25, 0.3) is 0 Å². The second kappa shape index (κ2) is 5.75. The largest absolute Gasteiger partial charge is 0.292 e. The van der Waals surface area contributed by atoms with Gasteiger partial charge in [-0.2, -0.15) is 0 Å². The summed E-state index contributed by atoms with van der Waals surface area (Å²) in [6.45, 7) is 0. The van der Waals surface area contributed by atoms with Gasteiger partial charge >= 0.3 is 0 Å². The predicted octanol–water partition coefficient (Wildman–Crippen LogP) is 5.16. The first-order chi connectivity index (χ1) is 8.59. The summed E-state index contributed by atoms with van der Waals surface area (Å²) in [6.07, 6.45) is 0. The molecule has 1 nitrogen and oxygen atoms in total. The third-order valence-electron chi connectivity index (χ3n) is 2.52. The number of carbonyl (C=O) groups is 1. The Morgan fingerprint density at radius 3 is 2.33 bits per heavy atom. The maximum absolute atomic E-state index is 12.2.